The standard InChI is InChI=1S/C15H14O3/c1-11(17)18-14-9-5-8-13(10-16)15(14)12-6-3-2-4-7-12/h2-10,14-15H,1H3/t14-,15+/m0/s1. The van der Waals surface area contributed by atoms with E-state index in [1.54, 1.807) is 18.2 Å². The summed E-state index contributed by atoms with van der Waals surface area (Å²) >= 11 is 0. The van der Waals surface area contributed by atoms with Gasteiger partial charge in [0.2, 0.25) is 0 Å². The molecule has 92 valence electrons. The summed E-state index contributed by atoms with van der Waals surface area (Å²) in [4.78, 5) is 22.3. The second-order valence-corrected chi connectivity index (χ2v) is 4.13. The molecule has 0 amide bonds. The zero-order valence-corrected chi connectivity index (χ0v) is 10.1. The molecule has 0 saturated carbocycles. The molecule has 18 heavy (non-hydrogen) atoms. The van der Waals surface area contributed by atoms with Gasteiger partial charge in [-0.15, -0.1) is 0 Å². The molecule has 3 nitrogen and oxygen atoms in total. The first-order valence-electron chi connectivity index (χ1n) is 5.78. The Morgan fingerprint density at radius 3 is 2.61 bits per heavy atom. The lowest BCUT2D eigenvalue weighted by Gasteiger charge is -2.27. The van der Waals surface area contributed by atoms with E-state index in [0.717, 1.165) is 11.8 Å². The van der Waals surface area contributed by atoms with Crippen LogP contribution in [0.25, 0.3) is 0 Å². The quantitative estimate of drug-likeness (QED) is 0.604. The van der Waals surface area contributed by atoms with Gasteiger partial charge in [-0.25, -0.2) is 0 Å². The van der Waals surface area contributed by atoms with Crippen LogP contribution in [0.15, 0.2) is 54.1 Å². The highest BCUT2D eigenvalue weighted by molar-refractivity contribution is 5.78. The van der Waals surface area contributed by atoms with Crippen molar-refractivity contribution in [1.82, 2.24) is 0 Å². The molecular formula is C15H14O3. The van der Waals surface area contributed by atoms with Gasteiger partial charge in [-0.1, -0.05) is 42.5 Å². The molecule has 0 N–H and O–H groups in total. The molecule has 0 fully saturated rings. The third-order valence-corrected chi connectivity index (χ3v) is 2.87. The van der Waals surface area contributed by atoms with Crippen molar-refractivity contribution in [1.29, 1.82) is 0 Å². The van der Waals surface area contributed by atoms with Gasteiger partial charge >= 0.3 is 5.97 Å². The number of hydrogen-bond donors (Lipinski definition) is 0. The van der Waals surface area contributed by atoms with Gasteiger partial charge < -0.3 is 4.74 Å². The average Bonchev–Trinajstić information content (AvgIpc) is 2.38. The lowest BCUT2D eigenvalue weighted by Crippen LogP contribution is -2.26. The van der Waals surface area contributed by atoms with Crippen molar-refractivity contribution < 1.29 is 14.3 Å². The summed E-state index contributed by atoms with van der Waals surface area (Å²) in [5.41, 5.74) is 1.58. The Labute approximate surface area is 106 Å². The van der Waals surface area contributed by atoms with E-state index in [0.29, 0.717) is 5.57 Å². The van der Waals surface area contributed by atoms with Crippen LogP contribution in [0, 0.1) is 0 Å². The topological polar surface area (TPSA) is 43.4 Å². The highest BCUT2D eigenvalue weighted by Gasteiger charge is 2.28. The SMILES string of the molecule is CC(=O)O[C@H]1C=CC=C(C=O)[C@H]1c1ccccc1. The van der Waals surface area contributed by atoms with Gasteiger partial charge in [0.15, 0.2) is 0 Å². The van der Waals surface area contributed by atoms with Crippen LogP contribution in [0.4, 0.5) is 0 Å². The number of rotatable bonds is 3. The molecule has 0 aromatic heterocycles. The van der Waals surface area contributed by atoms with Crippen LogP contribution < -0.4 is 0 Å². The van der Waals surface area contributed by atoms with Crippen LogP contribution in [-0.4, -0.2) is 18.4 Å². The molecule has 2 rings (SSSR count). The molecule has 3 heteroatoms. The van der Waals surface area contributed by atoms with Gasteiger partial charge in [0, 0.05) is 12.5 Å². The minimum atomic E-state index is -0.421. The summed E-state index contributed by atoms with van der Waals surface area (Å²) in [6.45, 7) is 1.37. The minimum Gasteiger partial charge on any atom is -0.457 e. The first-order valence-corrected chi connectivity index (χ1v) is 5.78. The first kappa shape index (κ1) is 12.3. The molecule has 0 aliphatic heterocycles. The number of carbonyl (C=O) groups is 2. The van der Waals surface area contributed by atoms with Gasteiger partial charge in [-0.3, -0.25) is 9.59 Å². The fourth-order valence-corrected chi connectivity index (χ4v) is 2.13. The molecule has 0 radical (unpaired) electrons. The minimum absolute atomic E-state index is 0.224. The molecule has 0 spiro atoms. The summed E-state index contributed by atoms with van der Waals surface area (Å²) in [5, 5.41) is 0. The Hall–Kier alpha value is -2.16. The summed E-state index contributed by atoms with van der Waals surface area (Å²) in [7, 11) is 0. The Morgan fingerprint density at radius 2 is 2.00 bits per heavy atom. The smallest absolute Gasteiger partial charge is 0.303 e. The van der Waals surface area contributed by atoms with Gasteiger partial charge in [-0.2, -0.15) is 0 Å². The van der Waals surface area contributed by atoms with E-state index >= 15 is 0 Å². The molecule has 2 atom stereocenters. The van der Waals surface area contributed by atoms with Gasteiger partial charge in [0.05, 0.1) is 5.92 Å². The van der Waals surface area contributed by atoms with E-state index in [1.807, 2.05) is 30.3 Å². The number of aldehydes is 1. The maximum Gasteiger partial charge on any atom is 0.303 e. The number of allylic oxidation sites excluding steroid dienone is 2. The summed E-state index contributed by atoms with van der Waals surface area (Å²) in [6, 6.07) is 9.57. The molecule has 0 unspecified atom stereocenters. The second kappa shape index (κ2) is 5.45. The number of esters is 1. The van der Waals surface area contributed by atoms with Crippen molar-refractivity contribution in [3.63, 3.8) is 0 Å². The lowest BCUT2D eigenvalue weighted by molar-refractivity contribution is -0.144. The van der Waals surface area contributed by atoms with Crippen LogP contribution in [0.3, 0.4) is 0 Å². The summed E-state index contributed by atoms with van der Waals surface area (Å²) in [6.07, 6.45) is 5.70. The largest absolute Gasteiger partial charge is 0.457 e. The molecule has 1 aliphatic carbocycles. The maximum atomic E-state index is 11.1. The van der Waals surface area contributed by atoms with E-state index in [2.05, 4.69) is 0 Å². The van der Waals surface area contributed by atoms with E-state index in [9.17, 15) is 9.59 Å². The van der Waals surface area contributed by atoms with Crippen molar-refractivity contribution in [2.45, 2.75) is 18.9 Å². The molecular weight excluding hydrogens is 228 g/mol. The third kappa shape index (κ3) is 2.56. The second-order valence-electron chi connectivity index (χ2n) is 4.13. The average molecular weight is 242 g/mol. The van der Waals surface area contributed by atoms with E-state index in [1.165, 1.54) is 6.92 Å². The molecule has 0 heterocycles. The van der Waals surface area contributed by atoms with Gasteiger partial charge in [-0.05, 0) is 11.6 Å². The predicted octanol–water partition coefficient (Wildman–Crippen LogP) is 2.40. The van der Waals surface area contributed by atoms with Crippen molar-refractivity contribution in [3.05, 3.63) is 59.7 Å². The van der Waals surface area contributed by atoms with Gasteiger partial charge in [0.1, 0.15) is 12.4 Å². The van der Waals surface area contributed by atoms with Crippen LogP contribution in [-0.2, 0) is 14.3 Å². The Morgan fingerprint density at radius 1 is 1.28 bits per heavy atom. The van der Waals surface area contributed by atoms with Crippen LogP contribution >= 0.6 is 0 Å². The fraction of sp³-hybridized carbons (Fsp3) is 0.200. The number of carbonyl (C=O) groups excluding carboxylic acids is 2. The van der Waals surface area contributed by atoms with Crippen molar-refractivity contribution >= 4 is 12.3 Å². The predicted molar refractivity (Wildman–Crippen MR) is 68.0 cm³/mol. The van der Waals surface area contributed by atoms with Crippen molar-refractivity contribution in [3.8, 4) is 0 Å². The number of benzene rings is 1. The normalized spacial score (nSPS) is 22.2. The van der Waals surface area contributed by atoms with E-state index in [-0.39, 0.29) is 11.9 Å². The fourth-order valence-electron chi connectivity index (χ4n) is 2.13. The number of hydrogen-bond acceptors (Lipinski definition) is 3. The molecule has 1 aliphatic rings. The highest BCUT2D eigenvalue weighted by atomic mass is 16.5. The Kier molecular flexibility index (Phi) is 3.72. The van der Waals surface area contributed by atoms with Crippen LogP contribution in [0.5, 0.6) is 0 Å². The number of ether oxygens (including phenoxy) is 1. The van der Waals surface area contributed by atoms with Crippen LogP contribution in [0.1, 0.15) is 18.4 Å². The molecule has 1 aromatic rings. The van der Waals surface area contributed by atoms with Crippen molar-refractivity contribution in [2.75, 3.05) is 0 Å². The summed E-state index contributed by atoms with van der Waals surface area (Å²) in [5.74, 6) is -0.574. The highest BCUT2D eigenvalue weighted by Crippen LogP contribution is 2.32. The summed E-state index contributed by atoms with van der Waals surface area (Å²) < 4.78 is 5.26. The molecule has 0 saturated heterocycles. The van der Waals surface area contributed by atoms with E-state index < -0.39 is 6.10 Å². The first-order chi connectivity index (χ1) is 8.72. The third-order valence-electron chi connectivity index (χ3n) is 2.87. The lowest BCUT2D eigenvalue weighted by atomic mass is 9.84. The Balaban J connectivity index is 2.36. The monoisotopic (exact) mass is 242 g/mol. The Bertz CT molecular complexity index is 500. The molecule has 1 aromatic carbocycles. The van der Waals surface area contributed by atoms with Crippen LogP contribution in [0.2, 0.25) is 0 Å². The van der Waals surface area contributed by atoms with Crippen molar-refractivity contribution in [2.24, 2.45) is 0 Å². The van der Waals surface area contributed by atoms with E-state index in [4.69, 9.17) is 4.74 Å². The maximum absolute atomic E-state index is 11.1. The van der Waals surface area contributed by atoms with Gasteiger partial charge in [0.25, 0.3) is 0 Å². The molecule has 0 bridgehead atoms. The zero-order chi connectivity index (χ0) is 13.0. The zero-order valence-electron chi connectivity index (χ0n) is 10.1.